The van der Waals surface area contributed by atoms with Gasteiger partial charge in [0.15, 0.2) is 0 Å². The maximum atomic E-state index is 12.2. The first kappa shape index (κ1) is 26.5. The van der Waals surface area contributed by atoms with Gasteiger partial charge < -0.3 is 9.64 Å². The number of nitrogens with zero attached hydrogens (tertiary/aromatic N) is 2. The summed E-state index contributed by atoms with van der Waals surface area (Å²) >= 11 is 0. The summed E-state index contributed by atoms with van der Waals surface area (Å²) in [5.41, 5.74) is 9.63. The molecule has 0 fully saturated rings. The van der Waals surface area contributed by atoms with Crippen molar-refractivity contribution in [2.75, 3.05) is 19.1 Å². The molecule has 0 saturated carbocycles. The Kier molecular flexibility index (Phi) is 5.85. The van der Waals surface area contributed by atoms with Crippen molar-refractivity contribution in [2.45, 2.75) is 51.4 Å². The topological polar surface area (TPSA) is 41.9 Å². The molecule has 1 aliphatic heterocycles. The molecule has 0 N–H and O–H groups in total. The number of fused-ring (bicyclic) bond motifs is 6. The van der Waals surface area contributed by atoms with E-state index in [1.807, 2.05) is 24.3 Å². The quantitative estimate of drug-likeness (QED) is 0.162. The second-order valence-electron chi connectivity index (χ2n) is 13.1. The van der Waals surface area contributed by atoms with Crippen molar-refractivity contribution in [1.29, 1.82) is 0 Å². The summed E-state index contributed by atoms with van der Waals surface area (Å²) in [6.45, 7) is 9.46. The third-order valence-electron chi connectivity index (χ3n) is 9.57. The first-order valence-corrected chi connectivity index (χ1v) is 14.7. The number of rotatable bonds is 2. The minimum absolute atomic E-state index is 0.0705. The zero-order chi connectivity index (χ0) is 29.4. The van der Waals surface area contributed by atoms with Gasteiger partial charge in [0.25, 0.3) is 0 Å². The van der Waals surface area contributed by atoms with Crippen molar-refractivity contribution in [3.63, 3.8) is 0 Å². The maximum Gasteiger partial charge on any atom is 0.337 e. The zero-order valence-corrected chi connectivity index (χ0v) is 25.2. The van der Waals surface area contributed by atoms with Crippen LogP contribution in [-0.2, 0) is 15.6 Å². The van der Waals surface area contributed by atoms with E-state index in [0.717, 1.165) is 46.7 Å². The number of aliphatic imine (C=N–C) groups is 1. The van der Waals surface area contributed by atoms with Gasteiger partial charge in [-0.1, -0.05) is 76.2 Å². The molecule has 0 unspecified atom stereocenters. The van der Waals surface area contributed by atoms with Crippen molar-refractivity contribution in [2.24, 2.45) is 4.99 Å². The number of benzene rings is 5. The smallest absolute Gasteiger partial charge is 0.337 e. The number of hydrogen-bond donors (Lipinski definition) is 0. The van der Waals surface area contributed by atoms with E-state index in [9.17, 15) is 4.79 Å². The first-order valence-electron chi connectivity index (χ1n) is 14.7. The van der Waals surface area contributed by atoms with E-state index in [0.29, 0.717) is 5.56 Å². The standard InChI is InChI=1S/C38H36N2O2/c1-37(2)17-18-38(3,4)31-22-33-32(21-30(31)37)39-34(23-11-13-24(14-12-23)36(41)42-6)28-16-15-27-19-25-9-7-8-10-26(25)20-29(27)35(28)40(33)5/h7-16,19-22H,17-18H2,1-6H3. The van der Waals surface area contributed by atoms with Crippen molar-refractivity contribution < 1.29 is 9.53 Å². The highest BCUT2D eigenvalue weighted by Gasteiger charge is 2.39. The maximum absolute atomic E-state index is 12.2. The number of hydrogen-bond acceptors (Lipinski definition) is 4. The zero-order valence-electron chi connectivity index (χ0n) is 25.2. The van der Waals surface area contributed by atoms with Crippen LogP contribution < -0.4 is 4.90 Å². The van der Waals surface area contributed by atoms with Gasteiger partial charge in [-0.15, -0.1) is 0 Å². The van der Waals surface area contributed by atoms with E-state index in [1.165, 1.54) is 39.8 Å². The lowest BCUT2D eigenvalue weighted by atomic mass is 9.63. The first-order chi connectivity index (χ1) is 20.1. The molecule has 0 bridgehead atoms. The molecule has 0 spiro atoms. The van der Waals surface area contributed by atoms with Gasteiger partial charge in [0.05, 0.1) is 35.4 Å². The molecule has 0 atom stereocenters. The lowest BCUT2D eigenvalue weighted by Gasteiger charge is -2.42. The summed E-state index contributed by atoms with van der Waals surface area (Å²) in [7, 11) is 3.59. The summed E-state index contributed by atoms with van der Waals surface area (Å²) in [4.78, 5) is 20.0. The van der Waals surface area contributed by atoms with Crippen molar-refractivity contribution in [1.82, 2.24) is 0 Å². The Balaban J connectivity index is 1.55. The number of ether oxygens (including phenoxy) is 1. The molecule has 0 aromatic heterocycles. The third kappa shape index (κ3) is 4.04. The molecule has 1 heterocycles. The monoisotopic (exact) mass is 552 g/mol. The summed E-state index contributed by atoms with van der Waals surface area (Å²) in [5.74, 6) is -0.343. The molecule has 210 valence electrons. The second kappa shape index (κ2) is 9.29. The summed E-state index contributed by atoms with van der Waals surface area (Å²) in [6, 6.07) is 29.9. The Morgan fingerprint density at radius 2 is 1.43 bits per heavy atom. The molecular weight excluding hydrogens is 516 g/mol. The van der Waals surface area contributed by atoms with Crippen molar-refractivity contribution in [3.05, 3.63) is 113 Å². The van der Waals surface area contributed by atoms with Gasteiger partial charge in [0.2, 0.25) is 0 Å². The van der Waals surface area contributed by atoms with Crippen LogP contribution in [0.5, 0.6) is 0 Å². The van der Waals surface area contributed by atoms with Crippen LogP contribution in [0.2, 0.25) is 0 Å². The number of carbonyl (C=O) groups is 1. The van der Waals surface area contributed by atoms with E-state index < -0.39 is 0 Å². The van der Waals surface area contributed by atoms with Gasteiger partial charge in [-0.05, 0) is 87.4 Å². The van der Waals surface area contributed by atoms with Gasteiger partial charge in [0.1, 0.15) is 0 Å². The van der Waals surface area contributed by atoms with E-state index in [4.69, 9.17) is 9.73 Å². The fraction of sp³-hybridized carbons (Fsp3) is 0.263. The predicted octanol–water partition coefficient (Wildman–Crippen LogP) is 9.38. The Hall–Kier alpha value is -4.44. The van der Waals surface area contributed by atoms with Gasteiger partial charge in [0, 0.05) is 23.6 Å². The molecule has 0 amide bonds. The van der Waals surface area contributed by atoms with Crippen molar-refractivity contribution in [3.8, 4) is 0 Å². The van der Waals surface area contributed by atoms with Gasteiger partial charge in [-0.2, -0.15) is 0 Å². The molecule has 2 aliphatic rings. The van der Waals surface area contributed by atoms with Crippen LogP contribution in [-0.4, -0.2) is 25.8 Å². The van der Waals surface area contributed by atoms with E-state index in [-0.39, 0.29) is 16.8 Å². The average Bonchev–Trinajstić information content (AvgIpc) is 3.11. The van der Waals surface area contributed by atoms with Gasteiger partial charge >= 0.3 is 5.97 Å². The predicted molar refractivity (Wildman–Crippen MR) is 174 cm³/mol. The molecule has 4 heteroatoms. The Morgan fingerprint density at radius 1 is 0.786 bits per heavy atom. The third-order valence-corrected chi connectivity index (χ3v) is 9.57. The van der Waals surface area contributed by atoms with Crippen LogP contribution in [0.25, 0.3) is 21.5 Å². The highest BCUT2D eigenvalue weighted by Crippen LogP contribution is 2.52. The molecular formula is C38H36N2O2. The molecule has 7 rings (SSSR count). The Labute approximate surface area is 247 Å². The van der Waals surface area contributed by atoms with Crippen molar-refractivity contribution >= 4 is 50.3 Å². The van der Waals surface area contributed by atoms with Crippen LogP contribution in [0.3, 0.4) is 0 Å². The highest BCUT2D eigenvalue weighted by atomic mass is 16.5. The molecule has 4 nitrogen and oxygen atoms in total. The summed E-state index contributed by atoms with van der Waals surface area (Å²) in [6.07, 6.45) is 2.30. The molecule has 0 radical (unpaired) electrons. The van der Waals surface area contributed by atoms with Gasteiger partial charge in [-0.25, -0.2) is 9.79 Å². The largest absolute Gasteiger partial charge is 0.465 e. The fourth-order valence-electron chi connectivity index (χ4n) is 6.90. The minimum atomic E-state index is -0.343. The number of esters is 1. The Morgan fingerprint density at radius 3 is 2.10 bits per heavy atom. The highest BCUT2D eigenvalue weighted by molar-refractivity contribution is 6.23. The van der Waals surface area contributed by atoms with Crippen LogP contribution in [0.4, 0.5) is 17.1 Å². The normalized spacial score (nSPS) is 16.7. The second-order valence-corrected chi connectivity index (χ2v) is 13.1. The molecule has 42 heavy (non-hydrogen) atoms. The summed E-state index contributed by atoms with van der Waals surface area (Å²) < 4.78 is 4.96. The lowest BCUT2D eigenvalue weighted by Crippen LogP contribution is -2.34. The number of carbonyl (C=O) groups excluding carboxylic acids is 1. The SMILES string of the molecule is COC(=O)c1ccc(C2=Nc3cc4c(cc3N(C)c3c2ccc2cc5ccccc5cc32)C(C)(C)CCC4(C)C)cc1. The minimum Gasteiger partial charge on any atom is -0.465 e. The van der Waals surface area contributed by atoms with Crippen LogP contribution in [0.15, 0.2) is 89.9 Å². The molecule has 1 aliphatic carbocycles. The lowest BCUT2D eigenvalue weighted by molar-refractivity contribution is 0.0600. The average molecular weight is 553 g/mol. The van der Waals surface area contributed by atoms with Crippen LogP contribution >= 0.6 is 0 Å². The summed E-state index contributed by atoms with van der Waals surface area (Å²) in [5, 5.41) is 4.83. The number of anilines is 2. The van der Waals surface area contributed by atoms with E-state index in [1.54, 1.807) is 0 Å². The molecule has 5 aromatic carbocycles. The van der Waals surface area contributed by atoms with Crippen LogP contribution in [0.1, 0.15) is 73.1 Å². The molecule has 0 saturated heterocycles. The number of methoxy groups -OCH3 is 1. The molecule has 5 aromatic rings. The Bertz CT molecular complexity index is 1950. The van der Waals surface area contributed by atoms with E-state index >= 15 is 0 Å². The fourth-order valence-corrected chi connectivity index (χ4v) is 6.90. The van der Waals surface area contributed by atoms with Crippen LogP contribution in [0, 0.1) is 0 Å². The van der Waals surface area contributed by atoms with E-state index in [2.05, 4.69) is 100 Å². The van der Waals surface area contributed by atoms with Gasteiger partial charge in [-0.3, -0.25) is 0 Å².